The molecule has 0 nitrogen and oxygen atoms in total. The average Bonchev–Trinajstić information content (AvgIpc) is 3.14. The van der Waals surface area contributed by atoms with E-state index in [2.05, 4.69) is 29.8 Å². The van der Waals surface area contributed by atoms with Gasteiger partial charge in [-0.05, 0) is 54.3 Å². The van der Waals surface area contributed by atoms with E-state index in [0.29, 0.717) is 0 Å². The summed E-state index contributed by atoms with van der Waals surface area (Å²) < 4.78 is 0. The largest absolute Gasteiger partial charge is 0.0925 e. The molecule has 0 aromatic carbocycles. The lowest BCUT2D eigenvalue weighted by Gasteiger charge is -2.20. The zero-order valence-electron chi connectivity index (χ0n) is 10.7. The molecule has 3 aliphatic carbocycles. The van der Waals surface area contributed by atoms with Crippen LogP contribution in [0.5, 0.6) is 0 Å². The Hall–Kier alpha value is 0.480. The maximum Gasteiger partial charge on any atom is 0.00680 e. The molecule has 0 bridgehead atoms. The topological polar surface area (TPSA) is 0 Å². The molecule has 16 heavy (non-hydrogen) atoms. The van der Waals surface area contributed by atoms with Crippen LogP contribution in [0.25, 0.3) is 0 Å². The second-order valence-electron chi connectivity index (χ2n) is 6.90. The Bertz CT molecular complexity index is 269. The van der Waals surface area contributed by atoms with Crippen molar-refractivity contribution >= 4 is 15.9 Å². The molecular weight excluding hydrogens is 260 g/mol. The first-order valence-corrected chi connectivity index (χ1v) is 8.37. The Balaban J connectivity index is 1.67. The second kappa shape index (κ2) is 4.00. The van der Waals surface area contributed by atoms with Gasteiger partial charge in [-0.2, -0.15) is 0 Å². The zero-order chi connectivity index (χ0) is 11.3. The van der Waals surface area contributed by atoms with Crippen LogP contribution in [0.4, 0.5) is 0 Å². The third kappa shape index (κ3) is 1.69. The molecule has 5 atom stereocenters. The van der Waals surface area contributed by atoms with Crippen LogP contribution < -0.4 is 0 Å². The van der Waals surface area contributed by atoms with Gasteiger partial charge in [0, 0.05) is 5.33 Å². The number of rotatable bonds is 2. The molecule has 0 amide bonds. The Kier molecular flexibility index (Phi) is 2.89. The summed E-state index contributed by atoms with van der Waals surface area (Å²) in [5, 5.41) is 1.28. The Morgan fingerprint density at radius 1 is 1.12 bits per heavy atom. The van der Waals surface area contributed by atoms with Crippen LogP contribution in [-0.2, 0) is 0 Å². The van der Waals surface area contributed by atoms with E-state index in [0.717, 1.165) is 35.0 Å². The minimum absolute atomic E-state index is 0.863. The molecule has 0 heterocycles. The van der Waals surface area contributed by atoms with Crippen LogP contribution >= 0.6 is 15.9 Å². The van der Waals surface area contributed by atoms with Gasteiger partial charge in [0.15, 0.2) is 0 Å². The molecular formula is C15H25Br. The van der Waals surface area contributed by atoms with E-state index in [1.54, 1.807) is 12.8 Å². The highest BCUT2D eigenvalue weighted by Crippen LogP contribution is 2.78. The summed E-state index contributed by atoms with van der Waals surface area (Å²) >= 11 is 3.75. The van der Waals surface area contributed by atoms with Gasteiger partial charge >= 0.3 is 0 Å². The van der Waals surface area contributed by atoms with E-state index in [1.165, 1.54) is 31.0 Å². The van der Waals surface area contributed by atoms with Crippen LogP contribution in [0.2, 0.25) is 0 Å². The van der Waals surface area contributed by atoms with Gasteiger partial charge in [-0.1, -0.05) is 49.0 Å². The van der Waals surface area contributed by atoms with Crippen molar-refractivity contribution < 1.29 is 0 Å². The maximum atomic E-state index is 3.75. The van der Waals surface area contributed by atoms with Crippen LogP contribution in [-0.4, -0.2) is 5.33 Å². The molecule has 1 heteroatoms. The fourth-order valence-electron chi connectivity index (χ4n) is 4.65. The predicted octanol–water partition coefficient (Wildman–Crippen LogP) is 4.87. The van der Waals surface area contributed by atoms with Crippen LogP contribution in [0, 0.1) is 35.0 Å². The summed E-state index contributed by atoms with van der Waals surface area (Å²) in [6.07, 6.45) is 9.14. The highest BCUT2D eigenvalue weighted by atomic mass is 79.9. The van der Waals surface area contributed by atoms with Crippen molar-refractivity contribution in [2.45, 2.75) is 52.4 Å². The highest BCUT2D eigenvalue weighted by Gasteiger charge is 2.72. The molecule has 92 valence electrons. The number of hydrogen-bond donors (Lipinski definition) is 0. The summed E-state index contributed by atoms with van der Waals surface area (Å²) in [6, 6.07) is 0. The first-order chi connectivity index (χ1) is 7.69. The van der Waals surface area contributed by atoms with E-state index < -0.39 is 0 Å². The van der Waals surface area contributed by atoms with Gasteiger partial charge < -0.3 is 0 Å². The SMILES string of the molecule is CC1CC(C2C(CBr)C23CC3)CCC[C@@H]1C. The fourth-order valence-corrected chi connectivity index (χ4v) is 5.70. The maximum absolute atomic E-state index is 3.75. The lowest BCUT2D eigenvalue weighted by atomic mass is 9.85. The van der Waals surface area contributed by atoms with Gasteiger partial charge in [-0.25, -0.2) is 0 Å². The minimum atomic E-state index is 0.863. The van der Waals surface area contributed by atoms with E-state index >= 15 is 0 Å². The Labute approximate surface area is 109 Å². The van der Waals surface area contributed by atoms with Crippen LogP contribution in [0.15, 0.2) is 0 Å². The highest BCUT2D eigenvalue weighted by molar-refractivity contribution is 9.09. The number of hydrogen-bond acceptors (Lipinski definition) is 0. The van der Waals surface area contributed by atoms with Gasteiger partial charge in [-0.3, -0.25) is 0 Å². The standard InChI is InChI=1S/C15H25Br/c1-10-4-3-5-12(8-11(10)2)14-13(9-16)15(14)6-7-15/h10-14H,3-9H2,1-2H3/t10-,11?,12?,13?,14?/m0/s1. The van der Waals surface area contributed by atoms with E-state index in [1.807, 2.05) is 0 Å². The molecule has 3 aliphatic rings. The summed E-state index contributed by atoms with van der Waals surface area (Å²) in [6.45, 7) is 4.96. The molecule has 0 radical (unpaired) electrons. The van der Waals surface area contributed by atoms with Crippen molar-refractivity contribution in [2.75, 3.05) is 5.33 Å². The molecule has 4 unspecified atom stereocenters. The van der Waals surface area contributed by atoms with Crippen molar-refractivity contribution in [3.63, 3.8) is 0 Å². The molecule has 0 saturated heterocycles. The van der Waals surface area contributed by atoms with Gasteiger partial charge in [0.25, 0.3) is 0 Å². The van der Waals surface area contributed by atoms with Gasteiger partial charge in [0.2, 0.25) is 0 Å². The quantitative estimate of drug-likeness (QED) is 0.501. The van der Waals surface area contributed by atoms with Crippen molar-refractivity contribution in [3.05, 3.63) is 0 Å². The zero-order valence-corrected chi connectivity index (χ0v) is 12.3. The first-order valence-electron chi connectivity index (χ1n) is 7.25. The molecule has 3 saturated carbocycles. The molecule has 0 aromatic heterocycles. The minimum Gasteiger partial charge on any atom is -0.0925 e. The molecule has 3 fully saturated rings. The normalized spacial score (nSPS) is 50.1. The monoisotopic (exact) mass is 284 g/mol. The van der Waals surface area contributed by atoms with E-state index in [4.69, 9.17) is 0 Å². The fraction of sp³-hybridized carbons (Fsp3) is 1.00. The summed E-state index contributed by atoms with van der Waals surface area (Å²) in [4.78, 5) is 0. The van der Waals surface area contributed by atoms with Crippen LogP contribution in [0.1, 0.15) is 52.4 Å². The van der Waals surface area contributed by atoms with E-state index in [-0.39, 0.29) is 0 Å². The average molecular weight is 285 g/mol. The molecule has 0 aromatic rings. The predicted molar refractivity (Wildman–Crippen MR) is 72.7 cm³/mol. The van der Waals surface area contributed by atoms with Gasteiger partial charge in [-0.15, -0.1) is 0 Å². The Morgan fingerprint density at radius 2 is 1.88 bits per heavy atom. The molecule has 1 spiro atoms. The third-order valence-electron chi connectivity index (χ3n) is 6.11. The summed E-state index contributed by atoms with van der Waals surface area (Å²) in [7, 11) is 0. The molecule has 0 N–H and O–H groups in total. The second-order valence-corrected chi connectivity index (χ2v) is 7.55. The van der Waals surface area contributed by atoms with Crippen LogP contribution in [0.3, 0.4) is 0 Å². The van der Waals surface area contributed by atoms with Gasteiger partial charge in [0.05, 0.1) is 0 Å². The third-order valence-corrected chi connectivity index (χ3v) is 6.81. The lowest BCUT2D eigenvalue weighted by molar-refractivity contribution is 0.298. The lowest BCUT2D eigenvalue weighted by Crippen LogP contribution is -2.12. The van der Waals surface area contributed by atoms with Crippen molar-refractivity contribution in [3.8, 4) is 0 Å². The molecule has 3 rings (SSSR count). The molecule has 0 aliphatic heterocycles. The Morgan fingerprint density at radius 3 is 2.44 bits per heavy atom. The van der Waals surface area contributed by atoms with Gasteiger partial charge in [0.1, 0.15) is 0 Å². The van der Waals surface area contributed by atoms with Crippen molar-refractivity contribution in [2.24, 2.45) is 35.0 Å². The number of halogens is 1. The van der Waals surface area contributed by atoms with Crippen molar-refractivity contribution in [1.82, 2.24) is 0 Å². The smallest absolute Gasteiger partial charge is 0.00680 e. The number of alkyl halides is 1. The van der Waals surface area contributed by atoms with E-state index in [9.17, 15) is 0 Å². The summed E-state index contributed by atoms with van der Waals surface area (Å²) in [5.74, 6) is 5.18. The van der Waals surface area contributed by atoms with Crippen molar-refractivity contribution in [1.29, 1.82) is 0 Å². The first kappa shape index (κ1) is 11.6. The summed E-state index contributed by atoms with van der Waals surface area (Å²) in [5.41, 5.74) is 0.863.